The maximum Gasteiger partial charge on any atom is 0.220 e. The lowest BCUT2D eigenvalue weighted by atomic mass is 10.0. The Balaban J connectivity index is 2.39. The minimum Gasteiger partial charge on any atom is -0.349 e. The van der Waals surface area contributed by atoms with Gasteiger partial charge in [-0.25, -0.2) is 8.42 Å². The van der Waals surface area contributed by atoms with E-state index in [0.29, 0.717) is 13.0 Å². The molecule has 0 saturated heterocycles. The molecule has 1 aliphatic heterocycles. The van der Waals surface area contributed by atoms with Crippen molar-refractivity contribution in [1.29, 1.82) is 0 Å². The van der Waals surface area contributed by atoms with Crippen molar-refractivity contribution < 1.29 is 13.2 Å². The Morgan fingerprint density at radius 3 is 2.75 bits per heavy atom. The summed E-state index contributed by atoms with van der Waals surface area (Å²) in [6.07, 6.45) is 2.72. The van der Waals surface area contributed by atoms with Crippen LogP contribution < -0.4 is 11.1 Å². The molecule has 0 spiro atoms. The van der Waals surface area contributed by atoms with Gasteiger partial charge in [0.1, 0.15) is 0 Å². The van der Waals surface area contributed by atoms with Crippen LogP contribution in [0.15, 0.2) is 11.5 Å². The fourth-order valence-corrected chi connectivity index (χ4v) is 2.82. The Labute approximate surface area is 96.0 Å². The first kappa shape index (κ1) is 13.2. The Hall–Kier alpha value is -0.880. The second-order valence-corrected chi connectivity index (χ2v) is 5.98. The van der Waals surface area contributed by atoms with Gasteiger partial charge in [-0.3, -0.25) is 4.79 Å². The number of hydrogen-bond donors (Lipinski definition) is 2. The molecule has 2 atom stereocenters. The lowest BCUT2D eigenvalue weighted by Crippen LogP contribution is -2.37. The van der Waals surface area contributed by atoms with E-state index in [1.54, 1.807) is 0 Å². The number of sulfone groups is 1. The number of nitrogens with one attached hydrogen (secondary N) is 1. The molecule has 3 N–H and O–H groups in total. The molecule has 0 aliphatic carbocycles. The maximum atomic E-state index is 11.5. The fraction of sp³-hybridized carbons (Fsp3) is 0.700. The number of hydrogen-bond acceptors (Lipinski definition) is 4. The molecule has 0 radical (unpaired) electrons. The standard InChI is InChI=1S/C10H18N2O3S/c1-2-8(6-11)5-10(13)12-9-3-4-16(14,15)7-9/h3-4,8-9H,2,5-7,11H2,1H3,(H,12,13). The van der Waals surface area contributed by atoms with Gasteiger partial charge in [0.25, 0.3) is 0 Å². The summed E-state index contributed by atoms with van der Waals surface area (Å²) in [7, 11) is -3.10. The molecule has 1 rings (SSSR count). The second-order valence-electron chi connectivity index (χ2n) is 4.05. The Kier molecular flexibility index (Phi) is 4.49. The summed E-state index contributed by atoms with van der Waals surface area (Å²) in [4.78, 5) is 11.5. The largest absolute Gasteiger partial charge is 0.349 e. The molecular formula is C10H18N2O3S. The molecule has 0 fully saturated rings. The average Bonchev–Trinajstić information content (AvgIpc) is 2.54. The minimum atomic E-state index is -3.10. The van der Waals surface area contributed by atoms with Gasteiger partial charge in [-0.2, -0.15) is 0 Å². The lowest BCUT2D eigenvalue weighted by molar-refractivity contribution is -0.122. The van der Waals surface area contributed by atoms with E-state index in [0.717, 1.165) is 11.8 Å². The molecule has 2 unspecified atom stereocenters. The maximum absolute atomic E-state index is 11.5. The Morgan fingerprint density at radius 1 is 1.62 bits per heavy atom. The van der Waals surface area contributed by atoms with E-state index in [2.05, 4.69) is 5.32 Å². The highest BCUT2D eigenvalue weighted by Gasteiger charge is 2.23. The summed E-state index contributed by atoms with van der Waals surface area (Å²) >= 11 is 0. The van der Waals surface area contributed by atoms with Crippen LogP contribution in [0.2, 0.25) is 0 Å². The molecule has 5 nitrogen and oxygen atoms in total. The zero-order valence-corrected chi connectivity index (χ0v) is 10.2. The third kappa shape index (κ3) is 3.94. The molecule has 16 heavy (non-hydrogen) atoms. The summed E-state index contributed by atoms with van der Waals surface area (Å²) in [6, 6.07) is -0.382. The zero-order chi connectivity index (χ0) is 12.2. The first-order valence-electron chi connectivity index (χ1n) is 5.37. The number of amides is 1. The summed E-state index contributed by atoms with van der Waals surface area (Å²) in [5.74, 6) is 0.00376. The van der Waals surface area contributed by atoms with E-state index in [1.165, 1.54) is 6.08 Å². The van der Waals surface area contributed by atoms with Crippen LogP contribution in [0, 0.1) is 5.92 Å². The van der Waals surface area contributed by atoms with Gasteiger partial charge in [0, 0.05) is 11.8 Å². The predicted molar refractivity (Wildman–Crippen MR) is 62.3 cm³/mol. The highest BCUT2D eigenvalue weighted by atomic mass is 32.2. The third-order valence-electron chi connectivity index (χ3n) is 2.66. The van der Waals surface area contributed by atoms with Crippen molar-refractivity contribution >= 4 is 15.7 Å². The molecule has 1 heterocycles. The number of carbonyl (C=O) groups is 1. The smallest absolute Gasteiger partial charge is 0.220 e. The first-order valence-corrected chi connectivity index (χ1v) is 7.08. The van der Waals surface area contributed by atoms with Crippen molar-refractivity contribution in [1.82, 2.24) is 5.32 Å². The van der Waals surface area contributed by atoms with Crippen LogP contribution in [0.3, 0.4) is 0 Å². The van der Waals surface area contributed by atoms with Gasteiger partial charge in [0.15, 0.2) is 9.84 Å². The van der Waals surface area contributed by atoms with Gasteiger partial charge in [-0.1, -0.05) is 13.3 Å². The molecule has 0 aromatic heterocycles. The molecular weight excluding hydrogens is 228 g/mol. The van der Waals surface area contributed by atoms with Gasteiger partial charge in [-0.15, -0.1) is 0 Å². The van der Waals surface area contributed by atoms with Crippen molar-refractivity contribution in [2.45, 2.75) is 25.8 Å². The van der Waals surface area contributed by atoms with Crippen molar-refractivity contribution in [3.05, 3.63) is 11.5 Å². The Bertz CT molecular complexity index is 372. The Morgan fingerprint density at radius 2 is 2.31 bits per heavy atom. The second kappa shape index (κ2) is 5.45. The fourth-order valence-electron chi connectivity index (χ4n) is 1.59. The lowest BCUT2D eigenvalue weighted by Gasteiger charge is -2.14. The van der Waals surface area contributed by atoms with Crippen LogP contribution in [0.4, 0.5) is 0 Å². The SMILES string of the molecule is CCC(CN)CC(=O)NC1C=CS(=O)(=O)C1. The van der Waals surface area contributed by atoms with Crippen molar-refractivity contribution in [3.8, 4) is 0 Å². The minimum absolute atomic E-state index is 0.0296. The monoisotopic (exact) mass is 246 g/mol. The quantitative estimate of drug-likeness (QED) is 0.702. The van der Waals surface area contributed by atoms with E-state index >= 15 is 0 Å². The summed E-state index contributed by atoms with van der Waals surface area (Å²) in [6.45, 7) is 2.45. The van der Waals surface area contributed by atoms with Gasteiger partial charge in [-0.05, 0) is 18.5 Å². The highest BCUT2D eigenvalue weighted by molar-refractivity contribution is 7.94. The summed E-state index contributed by atoms with van der Waals surface area (Å²) < 4.78 is 22.2. The van der Waals surface area contributed by atoms with Crippen molar-refractivity contribution in [2.24, 2.45) is 11.7 Å². The van der Waals surface area contributed by atoms with Crippen LogP contribution >= 0.6 is 0 Å². The number of nitrogens with two attached hydrogens (primary N) is 1. The molecule has 6 heteroatoms. The normalized spacial score (nSPS) is 24.2. The molecule has 0 bridgehead atoms. The molecule has 1 amide bonds. The van der Waals surface area contributed by atoms with Gasteiger partial charge in [0.2, 0.25) is 5.91 Å². The van der Waals surface area contributed by atoms with E-state index in [-0.39, 0.29) is 23.6 Å². The predicted octanol–water partition coefficient (Wildman–Crippen LogP) is -0.212. The molecule has 1 aliphatic rings. The van der Waals surface area contributed by atoms with Crippen LogP contribution in [0.25, 0.3) is 0 Å². The average molecular weight is 246 g/mol. The van der Waals surface area contributed by atoms with Crippen molar-refractivity contribution in [2.75, 3.05) is 12.3 Å². The first-order chi connectivity index (χ1) is 7.46. The van der Waals surface area contributed by atoms with Gasteiger partial charge in [0.05, 0.1) is 11.8 Å². The van der Waals surface area contributed by atoms with E-state index < -0.39 is 9.84 Å². The summed E-state index contributed by atoms with van der Waals surface area (Å²) in [5, 5.41) is 3.82. The van der Waals surface area contributed by atoms with Crippen molar-refractivity contribution in [3.63, 3.8) is 0 Å². The van der Waals surface area contributed by atoms with Gasteiger partial charge >= 0.3 is 0 Å². The number of carbonyl (C=O) groups excluding carboxylic acids is 1. The summed E-state index contributed by atoms with van der Waals surface area (Å²) in [5.41, 5.74) is 5.49. The van der Waals surface area contributed by atoms with E-state index in [9.17, 15) is 13.2 Å². The van der Waals surface area contributed by atoms with Crippen LogP contribution in [-0.4, -0.2) is 32.7 Å². The van der Waals surface area contributed by atoms with Crippen LogP contribution in [0.5, 0.6) is 0 Å². The molecule has 0 aromatic rings. The zero-order valence-electron chi connectivity index (χ0n) is 9.35. The van der Waals surface area contributed by atoms with Crippen LogP contribution in [-0.2, 0) is 14.6 Å². The molecule has 0 aromatic carbocycles. The molecule has 92 valence electrons. The van der Waals surface area contributed by atoms with E-state index in [1.807, 2.05) is 6.92 Å². The number of rotatable bonds is 5. The van der Waals surface area contributed by atoms with E-state index in [4.69, 9.17) is 5.73 Å². The highest BCUT2D eigenvalue weighted by Crippen LogP contribution is 2.10. The van der Waals surface area contributed by atoms with Gasteiger partial charge < -0.3 is 11.1 Å². The third-order valence-corrected chi connectivity index (χ3v) is 4.06. The van der Waals surface area contributed by atoms with Crippen LogP contribution in [0.1, 0.15) is 19.8 Å². The topological polar surface area (TPSA) is 89.3 Å². The molecule has 0 saturated carbocycles.